The van der Waals surface area contributed by atoms with Crippen molar-refractivity contribution in [1.82, 2.24) is 0 Å². The molecule has 0 aliphatic carbocycles. The SMILES string of the molecule is c1ccc(C(O[Si]CCC[Si]OC(c2ccccc2)c2ccccc2)c2ccccc2)cc1. The van der Waals surface area contributed by atoms with Crippen LogP contribution in [0.15, 0.2) is 121 Å². The van der Waals surface area contributed by atoms with Crippen molar-refractivity contribution in [2.75, 3.05) is 0 Å². The summed E-state index contributed by atoms with van der Waals surface area (Å²) in [6.07, 6.45) is 1.08. The average molecular weight is 465 g/mol. The van der Waals surface area contributed by atoms with Gasteiger partial charge in [-0.05, 0) is 34.3 Å². The van der Waals surface area contributed by atoms with Crippen LogP contribution in [0.4, 0.5) is 0 Å². The average Bonchev–Trinajstić information content (AvgIpc) is 2.90. The topological polar surface area (TPSA) is 18.5 Å². The van der Waals surface area contributed by atoms with E-state index in [1.807, 2.05) is 24.3 Å². The fourth-order valence-corrected chi connectivity index (χ4v) is 5.79. The molecule has 0 bridgehead atoms. The Bertz CT molecular complexity index is 878. The first kappa shape index (κ1) is 23.4. The van der Waals surface area contributed by atoms with Crippen LogP contribution in [0, 0.1) is 0 Å². The van der Waals surface area contributed by atoms with Crippen LogP contribution in [0.5, 0.6) is 0 Å². The van der Waals surface area contributed by atoms with E-state index < -0.39 is 0 Å². The molecule has 4 radical (unpaired) electrons. The highest BCUT2D eigenvalue weighted by Gasteiger charge is 2.16. The monoisotopic (exact) mass is 464 g/mol. The van der Waals surface area contributed by atoms with E-state index in [9.17, 15) is 0 Å². The minimum absolute atomic E-state index is 0.00928. The van der Waals surface area contributed by atoms with Gasteiger partial charge in [0.2, 0.25) is 19.5 Å². The molecule has 0 saturated carbocycles. The highest BCUT2D eigenvalue weighted by molar-refractivity contribution is 6.29. The van der Waals surface area contributed by atoms with Crippen LogP contribution in [0.2, 0.25) is 12.1 Å². The molecular formula is C29H28O2Si2. The second kappa shape index (κ2) is 13.1. The van der Waals surface area contributed by atoms with Crippen LogP contribution < -0.4 is 0 Å². The van der Waals surface area contributed by atoms with Gasteiger partial charge in [-0.1, -0.05) is 128 Å². The Balaban J connectivity index is 1.25. The van der Waals surface area contributed by atoms with Gasteiger partial charge >= 0.3 is 0 Å². The van der Waals surface area contributed by atoms with Crippen molar-refractivity contribution in [3.63, 3.8) is 0 Å². The molecule has 0 aromatic heterocycles. The summed E-state index contributed by atoms with van der Waals surface area (Å²) in [6, 6.07) is 44.0. The number of hydrogen-bond donors (Lipinski definition) is 0. The quantitative estimate of drug-likeness (QED) is 0.165. The van der Waals surface area contributed by atoms with Crippen LogP contribution in [0.25, 0.3) is 0 Å². The van der Waals surface area contributed by atoms with Crippen molar-refractivity contribution < 1.29 is 8.85 Å². The van der Waals surface area contributed by atoms with Crippen molar-refractivity contribution in [3.8, 4) is 0 Å². The summed E-state index contributed by atoms with van der Waals surface area (Å²) in [4.78, 5) is 0. The largest absolute Gasteiger partial charge is 0.407 e. The Morgan fingerprint density at radius 2 is 0.697 bits per heavy atom. The van der Waals surface area contributed by atoms with Gasteiger partial charge in [0.1, 0.15) is 0 Å². The fraction of sp³-hybridized carbons (Fsp3) is 0.172. The Hall–Kier alpha value is -2.77. The summed E-state index contributed by atoms with van der Waals surface area (Å²) in [5.74, 6) is 0. The van der Waals surface area contributed by atoms with E-state index in [2.05, 4.69) is 97.1 Å². The van der Waals surface area contributed by atoms with Gasteiger partial charge in [0.05, 0.1) is 12.2 Å². The van der Waals surface area contributed by atoms with Crippen LogP contribution >= 0.6 is 0 Å². The van der Waals surface area contributed by atoms with E-state index in [0.29, 0.717) is 19.5 Å². The smallest absolute Gasteiger partial charge is 0.231 e. The molecule has 0 atom stereocenters. The van der Waals surface area contributed by atoms with Gasteiger partial charge in [0.25, 0.3) is 0 Å². The molecule has 4 rings (SSSR count). The van der Waals surface area contributed by atoms with Gasteiger partial charge in [0, 0.05) is 0 Å². The lowest BCUT2D eigenvalue weighted by molar-refractivity contribution is 0.257. The van der Waals surface area contributed by atoms with Gasteiger partial charge in [-0.2, -0.15) is 0 Å². The normalized spacial score (nSPS) is 11.2. The third-order valence-corrected chi connectivity index (χ3v) is 7.29. The first-order chi connectivity index (χ1) is 16.4. The van der Waals surface area contributed by atoms with E-state index in [0.717, 1.165) is 18.5 Å². The highest BCUT2D eigenvalue weighted by atomic mass is 28.2. The summed E-state index contributed by atoms with van der Waals surface area (Å²) in [7, 11) is 0.928. The molecule has 2 nitrogen and oxygen atoms in total. The Kier molecular flexibility index (Phi) is 9.26. The summed E-state index contributed by atoms with van der Waals surface area (Å²) in [5.41, 5.74) is 4.81. The predicted octanol–water partition coefficient (Wildman–Crippen LogP) is 7.06. The van der Waals surface area contributed by atoms with Crippen LogP contribution in [0.1, 0.15) is 40.9 Å². The molecule has 0 N–H and O–H groups in total. The maximum atomic E-state index is 6.37. The number of rotatable bonds is 12. The minimum Gasteiger partial charge on any atom is -0.407 e. The standard InChI is InChI=1S/C29H28O2Si2/c1-5-14-24(15-6-1)28(25-16-7-2-8-17-25)30-32-22-13-23-33-31-29(26-18-9-3-10-19-26)27-20-11-4-12-21-27/h1-12,14-21,28-29H,13,22-23H2. The Morgan fingerprint density at radius 1 is 0.424 bits per heavy atom. The van der Waals surface area contributed by atoms with Gasteiger partial charge in [-0.25, -0.2) is 0 Å². The molecule has 0 aliphatic rings. The Labute approximate surface area is 202 Å². The number of benzene rings is 4. The summed E-state index contributed by atoms with van der Waals surface area (Å²) in [6.45, 7) is 0. The summed E-state index contributed by atoms with van der Waals surface area (Å²) in [5, 5.41) is 0. The zero-order valence-electron chi connectivity index (χ0n) is 18.6. The summed E-state index contributed by atoms with van der Waals surface area (Å²) >= 11 is 0. The van der Waals surface area contributed by atoms with E-state index in [-0.39, 0.29) is 12.2 Å². The van der Waals surface area contributed by atoms with Crippen molar-refractivity contribution in [2.45, 2.75) is 30.7 Å². The van der Waals surface area contributed by atoms with Crippen molar-refractivity contribution >= 4 is 19.5 Å². The zero-order chi connectivity index (χ0) is 22.6. The molecule has 0 spiro atoms. The third-order valence-electron chi connectivity index (χ3n) is 5.37. The van der Waals surface area contributed by atoms with E-state index in [4.69, 9.17) is 8.85 Å². The van der Waals surface area contributed by atoms with Crippen LogP contribution in [0.3, 0.4) is 0 Å². The minimum atomic E-state index is -0.00928. The molecule has 4 aromatic rings. The van der Waals surface area contributed by atoms with Gasteiger partial charge < -0.3 is 8.85 Å². The molecule has 0 aliphatic heterocycles. The van der Waals surface area contributed by atoms with E-state index in [1.165, 1.54) is 22.3 Å². The van der Waals surface area contributed by atoms with Gasteiger partial charge in [-0.15, -0.1) is 0 Å². The number of hydrogen-bond acceptors (Lipinski definition) is 2. The fourth-order valence-electron chi connectivity index (χ4n) is 3.69. The third kappa shape index (κ3) is 7.11. The molecule has 0 unspecified atom stereocenters. The molecule has 4 aromatic carbocycles. The lowest BCUT2D eigenvalue weighted by Crippen LogP contribution is -2.11. The molecule has 0 saturated heterocycles. The van der Waals surface area contributed by atoms with Crippen LogP contribution in [-0.4, -0.2) is 19.5 Å². The van der Waals surface area contributed by atoms with E-state index in [1.54, 1.807) is 0 Å². The lowest BCUT2D eigenvalue weighted by atomic mass is 10.0. The van der Waals surface area contributed by atoms with Crippen LogP contribution in [-0.2, 0) is 8.85 Å². The van der Waals surface area contributed by atoms with Crippen molar-refractivity contribution in [3.05, 3.63) is 144 Å². The Morgan fingerprint density at radius 3 is 0.970 bits per heavy atom. The second-order valence-electron chi connectivity index (χ2n) is 7.78. The molecular weight excluding hydrogens is 436 g/mol. The molecule has 0 heterocycles. The highest BCUT2D eigenvalue weighted by Crippen LogP contribution is 2.27. The molecule has 33 heavy (non-hydrogen) atoms. The van der Waals surface area contributed by atoms with E-state index >= 15 is 0 Å². The molecule has 0 fully saturated rings. The molecule has 164 valence electrons. The summed E-state index contributed by atoms with van der Waals surface area (Å²) < 4.78 is 12.7. The van der Waals surface area contributed by atoms with Crippen molar-refractivity contribution in [1.29, 1.82) is 0 Å². The maximum absolute atomic E-state index is 6.37. The molecule has 0 amide bonds. The van der Waals surface area contributed by atoms with Gasteiger partial charge in [0.15, 0.2) is 0 Å². The maximum Gasteiger partial charge on any atom is 0.231 e. The lowest BCUT2D eigenvalue weighted by Gasteiger charge is -2.19. The molecule has 4 heteroatoms. The first-order valence-electron chi connectivity index (χ1n) is 11.4. The van der Waals surface area contributed by atoms with Crippen molar-refractivity contribution in [2.24, 2.45) is 0 Å². The van der Waals surface area contributed by atoms with Gasteiger partial charge in [-0.3, -0.25) is 0 Å². The second-order valence-corrected chi connectivity index (χ2v) is 9.83. The zero-order valence-corrected chi connectivity index (χ0v) is 20.6. The first-order valence-corrected chi connectivity index (χ1v) is 13.6. The predicted molar refractivity (Wildman–Crippen MR) is 137 cm³/mol.